The molecule has 1 heterocycles. The monoisotopic (exact) mass is 426 g/mol. The number of H-pyrrole nitrogens is 1. The van der Waals surface area contributed by atoms with E-state index in [4.69, 9.17) is 0 Å². The van der Waals surface area contributed by atoms with E-state index in [9.17, 15) is 9.59 Å². The zero-order valence-corrected chi connectivity index (χ0v) is 16.8. The van der Waals surface area contributed by atoms with Crippen LogP contribution in [0, 0.1) is 20.8 Å². The van der Waals surface area contributed by atoms with Gasteiger partial charge in [-0.05, 0) is 61.7 Å². The summed E-state index contributed by atoms with van der Waals surface area (Å²) >= 11 is 3.38. The fourth-order valence-electron chi connectivity index (χ4n) is 2.56. The third kappa shape index (κ3) is 4.25. The highest BCUT2D eigenvalue weighted by molar-refractivity contribution is 9.10. The summed E-state index contributed by atoms with van der Waals surface area (Å²) in [6.07, 6.45) is 1.33. The molecule has 0 aliphatic heterocycles. The predicted molar refractivity (Wildman–Crippen MR) is 109 cm³/mol. The molecule has 0 fully saturated rings. The number of amides is 2. The number of carbonyl (C=O) groups excluding carboxylic acids is 2. The first-order valence-electron chi connectivity index (χ1n) is 8.34. The van der Waals surface area contributed by atoms with E-state index in [1.165, 1.54) is 6.33 Å². The topological polar surface area (TPSA) is 86.9 Å². The van der Waals surface area contributed by atoms with E-state index in [0.29, 0.717) is 11.4 Å². The van der Waals surface area contributed by atoms with Gasteiger partial charge in [-0.15, -0.1) is 0 Å². The zero-order valence-electron chi connectivity index (χ0n) is 15.2. The number of nitrogens with zero attached hydrogens (tertiary/aromatic N) is 1. The van der Waals surface area contributed by atoms with E-state index >= 15 is 0 Å². The lowest BCUT2D eigenvalue weighted by atomic mass is 10.1. The summed E-state index contributed by atoms with van der Waals surface area (Å²) in [6, 6.07) is 11.2. The molecule has 3 rings (SSSR count). The predicted octanol–water partition coefficient (Wildman–Crippen LogP) is 4.60. The molecular formula is C20H19BrN4O2. The Balaban J connectivity index is 1.80. The molecule has 0 bridgehead atoms. The largest absolute Gasteiger partial charge is 0.340 e. The third-order valence-corrected chi connectivity index (χ3v) is 4.79. The SMILES string of the molecule is Cc1ccc(NC(=O)c2[nH]cnc2C(=O)Nc2cc(Br)ccc2C)cc1C. The van der Waals surface area contributed by atoms with Crippen LogP contribution in [0.2, 0.25) is 0 Å². The third-order valence-electron chi connectivity index (χ3n) is 4.29. The summed E-state index contributed by atoms with van der Waals surface area (Å²) in [7, 11) is 0. The molecule has 0 unspecified atom stereocenters. The van der Waals surface area contributed by atoms with Crippen LogP contribution in [-0.4, -0.2) is 21.8 Å². The number of aromatic nitrogens is 2. The van der Waals surface area contributed by atoms with Gasteiger partial charge in [-0.3, -0.25) is 9.59 Å². The van der Waals surface area contributed by atoms with Crippen molar-refractivity contribution >= 4 is 39.1 Å². The van der Waals surface area contributed by atoms with Gasteiger partial charge < -0.3 is 15.6 Å². The summed E-state index contributed by atoms with van der Waals surface area (Å²) in [5.74, 6) is -0.880. The number of halogens is 1. The van der Waals surface area contributed by atoms with Crippen molar-refractivity contribution in [3.05, 3.63) is 75.3 Å². The number of imidazole rings is 1. The zero-order chi connectivity index (χ0) is 19.6. The molecule has 27 heavy (non-hydrogen) atoms. The highest BCUT2D eigenvalue weighted by Crippen LogP contribution is 2.22. The summed E-state index contributed by atoms with van der Waals surface area (Å²) < 4.78 is 0.845. The van der Waals surface area contributed by atoms with Crippen molar-refractivity contribution in [2.24, 2.45) is 0 Å². The highest BCUT2D eigenvalue weighted by atomic mass is 79.9. The normalized spacial score (nSPS) is 10.5. The second kappa shape index (κ2) is 7.75. The van der Waals surface area contributed by atoms with Crippen molar-refractivity contribution in [2.45, 2.75) is 20.8 Å². The van der Waals surface area contributed by atoms with E-state index in [1.807, 2.05) is 51.1 Å². The van der Waals surface area contributed by atoms with Gasteiger partial charge in [-0.25, -0.2) is 4.98 Å². The standard InChI is InChI=1S/C20H19BrN4O2/c1-11-5-7-15(8-13(11)3)24-19(26)17-18(23-10-22-17)20(27)25-16-9-14(21)6-4-12(16)2/h4-10H,1-3H3,(H,22,23)(H,24,26)(H,25,27). The maximum absolute atomic E-state index is 12.6. The maximum atomic E-state index is 12.6. The fourth-order valence-corrected chi connectivity index (χ4v) is 2.92. The molecule has 0 saturated carbocycles. The second-order valence-electron chi connectivity index (χ2n) is 6.29. The van der Waals surface area contributed by atoms with Crippen LogP contribution in [0.1, 0.15) is 37.7 Å². The van der Waals surface area contributed by atoms with Crippen LogP contribution >= 0.6 is 15.9 Å². The number of rotatable bonds is 4. The molecule has 0 saturated heterocycles. The van der Waals surface area contributed by atoms with E-state index in [1.54, 1.807) is 6.07 Å². The van der Waals surface area contributed by atoms with Crippen molar-refractivity contribution in [3.8, 4) is 0 Å². The lowest BCUT2D eigenvalue weighted by Crippen LogP contribution is -2.20. The first kappa shape index (κ1) is 18.8. The smallest absolute Gasteiger partial charge is 0.276 e. The van der Waals surface area contributed by atoms with Gasteiger partial charge >= 0.3 is 0 Å². The van der Waals surface area contributed by atoms with Crippen LogP contribution in [0.4, 0.5) is 11.4 Å². The van der Waals surface area contributed by atoms with Crippen LogP contribution in [-0.2, 0) is 0 Å². The Kier molecular flexibility index (Phi) is 5.41. The molecule has 0 aliphatic carbocycles. The molecular weight excluding hydrogens is 408 g/mol. The van der Waals surface area contributed by atoms with Gasteiger partial charge in [0.25, 0.3) is 11.8 Å². The van der Waals surface area contributed by atoms with Crippen molar-refractivity contribution in [1.29, 1.82) is 0 Å². The van der Waals surface area contributed by atoms with E-state index < -0.39 is 11.8 Å². The van der Waals surface area contributed by atoms with Crippen LogP contribution in [0.15, 0.2) is 47.2 Å². The average molecular weight is 427 g/mol. The number of nitrogens with one attached hydrogen (secondary N) is 3. The number of aryl methyl sites for hydroxylation is 3. The summed E-state index contributed by atoms with van der Waals surface area (Å²) in [6.45, 7) is 5.86. The molecule has 2 amide bonds. The minimum Gasteiger partial charge on any atom is -0.340 e. The molecule has 6 nitrogen and oxygen atoms in total. The van der Waals surface area contributed by atoms with E-state index in [0.717, 1.165) is 21.2 Å². The van der Waals surface area contributed by atoms with Gasteiger partial charge in [0, 0.05) is 15.8 Å². The Bertz CT molecular complexity index is 1030. The molecule has 3 aromatic rings. The Labute approximate surface area is 165 Å². The van der Waals surface area contributed by atoms with Crippen molar-refractivity contribution in [3.63, 3.8) is 0 Å². The minimum atomic E-state index is -0.456. The van der Waals surface area contributed by atoms with E-state index in [-0.39, 0.29) is 11.4 Å². The lowest BCUT2D eigenvalue weighted by molar-refractivity contribution is 0.0985. The lowest BCUT2D eigenvalue weighted by Gasteiger charge is -2.10. The summed E-state index contributed by atoms with van der Waals surface area (Å²) in [5, 5.41) is 5.59. The Morgan fingerprint density at radius 1 is 0.926 bits per heavy atom. The Hall–Kier alpha value is -2.93. The maximum Gasteiger partial charge on any atom is 0.276 e. The van der Waals surface area contributed by atoms with Crippen molar-refractivity contribution in [2.75, 3.05) is 10.6 Å². The number of benzene rings is 2. The molecule has 3 N–H and O–H groups in total. The minimum absolute atomic E-state index is 0.0377. The number of carbonyl (C=O) groups is 2. The molecule has 138 valence electrons. The van der Waals surface area contributed by atoms with Crippen molar-refractivity contribution in [1.82, 2.24) is 9.97 Å². The van der Waals surface area contributed by atoms with Crippen molar-refractivity contribution < 1.29 is 9.59 Å². The molecule has 7 heteroatoms. The van der Waals surface area contributed by atoms with Crippen LogP contribution in [0.25, 0.3) is 0 Å². The Morgan fingerprint density at radius 3 is 2.41 bits per heavy atom. The first-order valence-corrected chi connectivity index (χ1v) is 9.14. The van der Waals surface area contributed by atoms with Gasteiger partial charge in [-0.1, -0.05) is 28.1 Å². The number of anilines is 2. The molecule has 0 spiro atoms. The molecule has 1 aromatic heterocycles. The van der Waals surface area contributed by atoms with Gasteiger partial charge in [0.1, 0.15) is 5.69 Å². The number of hydrogen-bond acceptors (Lipinski definition) is 3. The van der Waals surface area contributed by atoms with Crippen LogP contribution in [0.5, 0.6) is 0 Å². The molecule has 0 aliphatic rings. The summed E-state index contributed by atoms with van der Waals surface area (Å²) in [5.41, 5.74) is 4.57. The van der Waals surface area contributed by atoms with Gasteiger partial charge in [0.05, 0.1) is 6.33 Å². The first-order chi connectivity index (χ1) is 12.8. The average Bonchev–Trinajstić information content (AvgIpc) is 3.11. The Morgan fingerprint density at radius 2 is 1.67 bits per heavy atom. The van der Waals surface area contributed by atoms with Gasteiger partial charge in [-0.2, -0.15) is 0 Å². The van der Waals surface area contributed by atoms with E-state index in [2.05, 4.69) is 36.5 Å². The highest BCUT2D eigenvalue weighted by Gasteiger charge is 2.21. The second-order valence-corrected chi connectivity index (χ2v) is 7.21. The number of aromatic amines is 1. The number of hydrogen-bond donors (Lipinski definition) is 3. The molecule has 0 radical (unpaired) electrons. The van der Waals surface area contributed by atoms with Crippen LogP contribution in [0.3, 0.4) is 0 Å². The fraction of sp³-hybridized carbons (Fsp3) is 0.150. The van der Waals surface area contributed by atoms with Crippen LogP contribution < -0.4 is 10.6 Å². The molecule has 0 atom stereocenters. The molecule has 2 aromatic carbocycles. The summed E-state index contributed by atoms with van der Waals surface area (Å²) in [4.78, 5) is 32.0. The van der Waals surface area contributed by atoms with Gasteiger partial charge in [0.2, 0.25) is 0 Å². The van der Waals surface area contributed by atoms with Gasteiger partial charge in [0.15, 0.2) is 5.69 Å². The quantitative estimate of drug-likeness (QED) is 0.569.